The van der Waals surface area contributed by atoms with Crippen LogP contribution in [0.15, 0.2) is 24.5 Å². The first kappa shape index (κ1) is 8.00. The van der Waals surface area contributed by atoms with Crippen molar-refractivity contribution in [3.05, 3.63) is 29.5 Å². The first-order chi connectivity index (χ1) is 6.40. The van der Waals surface area contributed by atoms with Crippen molar-refractivity contribution in [3.63, 3.8) is 0 Å². The Morgan fingerprint density at radius 3 is 2.62 bits per heavy atom. The fourth-order valence-corrected chi connectivity index (χ4v) is 1.56. The molecule has 0 aliphatic heterocycles. The quantitative estimate of drug-likeness (QED) is 0.673. The maximum absolute atomic E-state index is 10.3. The number of carbonyl (C=O) groups excluding carboxylic acids is 1. The van der Waals surface area contributed by atoms with E-state index in [1.54, 1.807) is 12.4 Å². The first-order valence-corrected chi connectivity index (χ1v) is 4.41. The van der Waals surface area contributed by atoms with Crippen LogP contribution in [0.4, 0.5) is 0 Å². The molecule has 13 heavy (non-hydrogen) atoms. The number of pyridine rings is 1. The number of hydrogen-bond donors (Lipinski definition) is 0. The predicted molar refractivity (Wildman–Crippen MR) is 48.5 cm³/mol. The highest BCUT2D eigenvalue weighted by Crippen LogP contribution is 2.21. The van der Waals surface area contributed by atoms with Crippen LogP contribution in [0.2, 0.25) is 0 Å². The van der Waals surface area contributed by atoms with Crippen molar-refractivity contribution in [1.29, 1.82) is 0 Å². The van der Waals surface area contributed by atoms with Crippen molar-refractivity contribution in [3.8, 4) is 10.6 Å². The van der Waals surface area contributed by atoms with E-state index in [9.17, 15) is 4.79 Å². The average molecular weight is 191 g/mol. The first-order valence-electron chi connectivity index (χ1n) is 3.59. The minimum absolute atomic E-state index is 0.395. The second-order valence-electron chi connectivity index (χ2n) is 2.30. The molecule has 2 aromatic heterocycles. The molecule has 0 unspecified atom stereocenters. The van der Waals surface area contributed by atoms with Crippen LogP contribution in [0.1, 0.15) is 9.80 Å². The molecule has 2 rings (SSSR count). The molecule has 2 heterocycles. The van der Waals surface area contributed by atoms with Crippen LogP contribution in [-0.2, 0) is 0 Å². The zero-order valence-electron chi connectivity index (χ0n) is 6.54. The van der Waals surface area contributed by atoms with E-state index >= 15 is 0 Å². The Bertz CT molecular complexity index is 412. The van der Waals surface area contributed by atoms with Crippen LogP contribution in [-0.4, -0.2) is 21.5 Å². The summed E-state index contributed by atoms with van der Waals surface area (Å²) in [6, 6.07) is 3.66. The van der Waals surface area contributed by atoms with Crippen molar-refractivity contribution in [2.24, 2.45) is 0 Å². The Morgan fingerprint density at radius 1 is 1.23 bits per heavy atom. The lowest BCUT2D eigenvalue weighted by atomic mass is 10.3. The molecule has 4 nitrogen and oxygen atoms in total. The van der Waals surface area contributed by atoms with Gasteiger partial charge in [0.2, 0.25) is 0 Å². The van der Waals surface area contributed by atoms with Crippen LogP contribution in [0.5, 0.6) is 0 Å². The third-order valence-electron chi connectivity index (χ3n) is 1.47. The van der Waals surface area contributed by atoms with E-state index in [-0.39, 0.29) is 0 Å². The summed E-state index contributed by atoms with van der Waals surface area (Å²) >= 11 is 1.27. The second kappa shape index (κ2) is 3.40. The minimum Gasteiger partial charge on any atom is -0.295 e. The number of rotatable bonds is 2. The summed E-state index contributed by atoms with van der Waals surface area (Å²) in [4.78, 5) is 14.2. The lowest BCUT2D eigenvalue weighted by molar-refractivity contribution is 0.112. The smallest absolute Gasteiger partial charge is 0.180 e. The fraction of sp³-hybridized carbons (Fsp3) is 0. The summed E-state index contributed by atoms with van der Waals surface area (Å²) in [6.45, 7) is 0. The lowest BCUT2D eigenvalue weighted by Gasteiger charge is -1.90. The molecular weight excluding hydrogens is 186 g/mol. The summed E-state index contributed by atoms with van der Waals surface area (Å²) in [5, 5.41) is 8.69. The largest absolute Gasteiger partial charge is 0.295 e. The third-order valence-corrected chi connectivity index (χ3v) is 2.37. The van der Waals surface area contributed by atoms with Crippen LogP contribution in [0.25, 0.3) is 10.6 Å². The molecule has 0 aliphatic carbocycles. The van der Waals surface area contributed by atoms with Gasteiger partial charge in [-0.2, -0.15) is 0 Å². The Labute approximate surface area is 78.3 Å². The van der Waals surface area contributed by atoms with Crippen molar-refractivity contribution >= 4 is 17.6 Å². The van der Waals surface area contributed by atoms with E-state index < -0.39 is 0 Å². The van der Waals surface area contributed by atoms with E-state index in [1.165, 1.54) is 11.3 Å². The number of carbonyl (C=O) groups is 1. The summed E-state index contributed by atoms with van der Waals surface area (Å²) in [7, 11) is 0. The molecule has 0 saturated carbocycles. The van der Waals surface area contributed by atoms with Gasteiger partial charge in [0, 0.05) is 18.0 Å². The standard InChI is InChI=1S/C8H5N3OS/c12-5-7-10-11-8(13-7)6-1-3-9-4-2-6/h1-5H. The molecule has 0 atom stereocenters. The van der Waals surface area contributed by atoms with E-state index in [4.69, 9.17) is 0 Å². The van der Waals surface area contributed by atoms with Crippen molar-refractivity contribution in [2.75, 3.05) is 0 Å². The molecule has 2 aromatic rings. The van der Waals surface area contributed by atoms with E-state index in [0.29, 0.717) is 11.3 Å². The number of aromatic nitrogens is 3. The molecule has 5 heteroatoms. The third kappa shape index (κ3) is 1.59. The molecule has 0 radical (unpaired) electrons. The average Bonchev–Trinajstić information content (AvgIpc) is 2.67. The highest BCUT2D eigenvalue weighted by molar-refractivity contribution is 7.16. The van der Waals surface area contributed by atoms with Gasteiger partial charge in [-0.1, -0.05) is 11.3 Å². The van der Waals surface area contributed by atoms with Crippen LogP contribution < -0.4 is 0 Å². The number of hydrogen-bond acceptors (Lipinski definition) is 5. The van der Waals surface area contributed by atoms with Gasteiger partial charge >= 0.3 is 0 Å². The van der Waals surface area contributed by atoms with Crippen molar-refractivity contribution in [2.45, 2.75) is 0 Å². The van der Waals surface area contributed by atoms with Gasteiger partial charge in [0.15, 0.2) is 11.3 Å². The number of nitrogens with zero attached hydrogens (tertiary/aromatic N) is 3. The molecular formula is C8H5N3OS. The fourth-order valence-electron chi connectivity index (χ4n) is 0.893. The van der Waals surface area contributed by atoms with Gasteiger partial charge in [0.1, 0.15) is 5.01 Å². The molecule has 0 N–H and O–H groups in total. The van der Waals surface area contributed by atoms with Crippen LogP contribution in [0.3, 0.4) is 0 Å². The van der Waals surface area contributed by atoms with E-state index in [2.05, 4.69) is 15.2 Å². The Morgan fingerprint density at radius 2 is 2.00 bits per heavy atom. The molecule has 0 saturated heterocycles. The summed E-state index contributed by atoms with van der Waals surface area (Å²) in [6.07, 6.45) is 4.05. The predicted octanol–water partition coefficient (Wildman–Crippen LogP) is 1.41. The molecule has 0 spiro atoms. The van der Waals surface area contributed by atoms with Crippen molar-refractivity contribution in [1.82, 2.24) is 15.2 Å². The van der Waals surface area contributed by atoms with Gasteiger partial charge < -0.3 is 0 Å². The maximum atomic E-state index is 10.3. The van der Waals surface area contributed by atoms with Crippen LogP contribution in [0, 0.1) is 0 Å². The Kier molecular flexibility index (Phi) is 2.09. The Balaban J connectivity index is 2.41. The molecule has 0 aromatic carbocycles. The molecule has 0 bridgehead atoms. The molecule has 0 fully saturated rings. The lowest BCUT2D eigenvalue weighted by Crippen LogP contribution is -1.77. The zero-order chi connectivity index (χ0) is 9.10. The highest BCUT2D eigenvalue weighted by atomic mass is 32.1. The minimum atomic E-state index is 0.395. The second-order valence-corrected chi connectivity index (χ2v) is 3.31. The summed E-state index contributed by atoms with van der Waals surface area (Å²) in [5.74, 6) is 0. The van der Waals surface area contributed by atoms with Gasteiger partial charge in [0.25, 0.3) is 0 Å². The van der Waals surface area contributed by atoms with E-state index in [1.807, 2.05) is 12.1 Å². The van der Waals surface area contributed by atoms with Crippen LogP contribution >= 0.6 is 11.3 Å². The van der Waals surface area contributed by atoms with Gasteiger partial charge in [0.05, 0.1) is 0 Å². The monoisotopic (exact) mass is 191 g/mol. The van der Waals surface area contributed by atoms with Crippen molar-refractivity contribution < 1.29 is 4.79 Å². The summed E-state index contributed by atoms with van der Waals surface area (Å²) in [5.41, 5.74) is 0.931. The summed E-state index contributed by atoms with van der Waals surface area (Å²) < 4.78 is 0. The normalized spacial score (nSPS) is 9.85. The molecule has 0 amide bonds. The zero-order valence-corrected chi connectivity index (χ0v) is 7.36. The van der Waals surface area contributed by atoms with Gasteiger partial charge in [-0.05, 0) is 12.1 Å². The SMILES string of the molecule is O=Cc1nnc(-c2ccncc2)s1. The molecule has 64 valence electrons. The van der Waals surface area contributed by atoms with Gasteiger partial charge in [-0.3, -0.25) is 9.78 Å². The Hall–Kier alpha value is -1.62. The topological polar surface area (TPSA) is 55.7 Å². The van der Waals surface area contributed by atoms with Gasteiger partial charge in [-0.15, -0.1) is 10.2 Å². The maximum Gasteiger partial charge on any atom is 0.180 e. The highest BCUT2D eigenvalue weighted by Gasteiger charge is 2.04. The van der Waals surface area contributed by atoms with Gasteiger partial charge in [-0.25, -0.2) is 0 Å². The molecule has 0 aliphatic rings. The van der Waals surface area contributed by atoms with E-state index in [0.717, 1.165) is 10.6 Å². The number of aldehydes is 1.